The van der Waals surface area contributed by atoms with Crippen LogP contribution in [0.15, 0.2) is 42.5 Å². The first kappa shape index (κ1) is 19.8. The van der Waals surface area contributed by atoms with E-state index >= 15 is 0 Å². The molecule has 2 N–H and O–H groups in total. The second-order valence-electron chi connectivity index (χ2n) is 6.74. The van der Waals surface area contributed by atoms with Crippen LogP contribution in [0.3, 0.4) is 0 Å². The fourth-order valence-electron chi connectivity index (χ4n) is 3.42. The summed E-state index contributed by atoms with van der Waals surface area (Å²) in [5.41, 5.74) is 1.04. The molecule has 0 amide bonds. The van der Waals surface area contributed by atoms with E-state index in [0.717, 1.165) is 36.3 Å². The molecule has 1 aliphatic rings. The van der Waals surface area contributed by atoms with Crippen molar-refractivity contribution in [1.29, 1.82) is 0 Å². The van der Waals surface area contributed by atoms with Crippen LogP contribution in [0.4, 0.5) is 0 Å². The highest BCUT2D eigenvalue weighted by molar-refractivity contribution is 6.30. The van der Waals surface area contributed by atoms with Crippen LogP contribution in [0.25, 0.3) is 0 Å². The number of ether oxygens (including phenoxy) is 3. The Kier molecular flexibility index (Phi) is 6.83. The van der Waals surface area contributed by atoms with Gasteiger partial charge >= 0.3 is 0 Å². The zero-order chi connectivity index (χ0) is 19.2. The molecule has 1 aliphatic carbocycles. The number of halogens is 1. The maximum absolute atomic E-state index is 10.8. The molecule has 5 nitrogen and oxygen atoms in total. The Labute approximate surface area is 165 Å². The number of methoxy groups -OCH3 is 2. The third-order valence-electron chi connectivity index (χ3n) is 4.86. The lowest BCUT2D eigenvalue weighted by molar-refractivity contribution is -0.0157. The van der Waals surface area contributed by atoms with Gasteiger partial charge in [-0.3, -0.25) is 0 Å². The van der Waals surface area contributed by atoms with Gasteiger partial charge in [-0.15, -0.1) is 0 Å². The minimum atomic E-state index is -0.592. The summed E-state index contributed by atoms with van der Waals surface area (Å²) in [4.78, 5) is 0. The quantitative estimate of drug-likeness (QED) is 0.751. The highest BCUT2D eigenvalue weighted by Crippen LogP contribution is 2.27. The first-order valence-corrected chi connectivity index (χ1v) is 9.52. The van der Waals surface area contributed by atoms with Gasteiger partial charge < -0.3 is 24.6 Å². The summed E-state index contributed by atoms with van der Waals surface area (Å²) in [5.74, 6) is 2.18. The molecular weight excluding hydrogens is 366 g/mol. The Bertz CT molecular complexity index is 732. The van der Waals surface area contributed by atoms with Crippen LogP contribution in [-0.4, -0.2) is 37.6 Å². The molecule has 0 radical (unpaired) electrons. The van der Waals surface area contributed by atoms with Crippen molar-refractivity contribution in [2.45, 2.75) is 44.1 Å². The maximum Gasteiger partial charge on any atom is 0.126 e. The first-order valence-electron chi connectivity index (χ1n) is 9.14. The minimum absolute atomic E-state index is 0.0415. The van der Waals surface area contributed by atoms with Crippen molar-refractivity contribution in [2.24, 2.45) is 0 Å². The summed E-state index contributed by atoms with van der Waals surface area (Å²) in [6.45, 7) is 0.610. The fourth-order valence-corrected chi connectivity index (χ4v) is 3.60. The van der Waals surface area contributed by atoms with Crippen molar-refractivity contribution < 1.29 is 19.3 Å². The second kappa shape index (κ2) is 9.31. The van der Waals surface area contributed by atoms with E-state index in [0.29, 0.717) is 17.3 Å². The summed E-state index contributed by atoms with van der Waals surface area (Å²) in [6.07, 6.45) is 1.86. The topological polar surface area (TPSA) is 60.0 Å². The van der Waals surface area contributed by atoms with E-state index in [4.69, 9.17) is 25.8 Å². The highest BCUT2D eigenvalue weighted by Gasteiger charge is 2.33. The third-order valence-corrected chi connectivity index (χ3v) is 5.10. The number of nitrogens with one attached hydrogen (secondary N) is 1. The van der Waals surface area contributed by atoms with Crippen molar-refractivity contribution in [3.05, 3.63) is 53.1 Å². The van der Waals surface area contributed by atoms with Crippen molar-refractivity contribution >= 4 is 11.6 Å². The molecule has 2 aromatic carbocycles. The number of hydrogen-bond acceptors (Lipinski definition) is 5. The van der Waals surface area contributed by atoms with Crippen molar-refractivity contribution in [3.8, 4) is 17.2 Å². The predicted octanol–water partition coefficient (Wildman–Crippen LogP) is 3.81. The summed E-state index contributed by atoms with van der Waals surface area (Å²) < 4.78 is 16.6. The average Bonchev–Trinajstić information content (AvgIpc) is 2.68. The zero-order valence-corrected chi connectivity index (χ0v) is 16.4. The SMILES string of the molecule is COc1cc(CN[C@H]2CCC[C@@H](Oc3cccc(Cl)c3)[C@@H]2O)cc(OC)c1. The van der Waals surface area contributed by atoms with Gasteiger partial charge in [0.2, 0.25) is 0 Å². The average molecular weight is 392 g/mol. The van der Waals surface area contributed by atoms with E-state index in [1.165, 1.54) is 0 Å². The van der Waals surface area contributed by atoms with Crippen LogP contribution >= 0.6 is 11.6 Å². The number of benzene rings is 2. The fraction of sp³-hybridized carbons (Fsp3) is 0.429. The van der Waals surface area contributed by atoms with Gasteiger partial charge in [0.1, 0.15) is 29.5 Å². The van der Waals surface area contributed by atoms with Crippen molar-refractivity contribution in [3.63, 3.8) is 0 Å². The standard InChI is InChI=1S/C21H26ClNO4/c1-25-17-9-14(10-18(12-17)26-2)13-23-19-7-4-8-20(21(19)24)27-16-6-3-5-15(22)11-16/h3,5-6,9-12,19-21,23-24H,4,7-8,13H2,1-2H3/t19-,20+,21+/m0/s1. The van der Waals surface area contributed by atoms with Gasteiger partial charge in [-0.1, -0.05) is 17.7 Å². The molecule has 0 saturated heterocycles. The largest absolute Gasteiger partial charge is 0.497 e. The van der Waals surface area contributed by atoms with Crippen LogP contribution in [0, 0.1) is 0 Å². The molecule has 0 aliphatic heterocycles. The van der Waals surface area contributed by atoms with Crippen LogP contribution in [0.2, 0.25) is 5.02 Å². The molecular formula is C21H26ClNO4. The van der Waals surface area contributed by atoms with E-state index < -0.39 is 6.10 Å². The van der Waals surface area contributed by atoms with Crippen molar-refractivity contribution in [1.82, 2.24) is 5.32 Å². The molecule has 2 aromatic rings. The highest BCUT2D eigenvalue weighted by atomic mass is 35.5. The maximum atomic E-state index is 10.8. The molecule has 0 heterocycles. The summed E-state index contributed by atoms with van der Waals surface area (Å²) in [7, 11) is 3.27. The Morgan fingerprint density at radius 1 is 1.04 bits per heavy atom. The van der Waals surface area contributed by atoms with Gasteiger partial charge in [0.15, 0.2) is 0 Å². The number of aliphatic hydroxyl groups excluding tert-OH is 1. The van der Waals surface area contributed by atoms with Gasteiger partial charge in [-0.05, 0) is 55.2 Å². The Morgan fingerprint density at radius 3 is 2.44 bits per heavy atom. The molecule has 3 rings (SSSR count). The van der Waals surface area contributed by atoms with E-state index in [1.54, 1.807) is 26.4 Å². The summed E-state index contributed by atoms with van der Waals surface area (Å²) in [6, 6.07) is 13.0. The number of hydrogen-bond donors (Lipinski definition) is 2. The Balaban J connectivity index is 1.62. The predicted molar refractivity (Wildman–Crippen MR) is 106 cm³/mol. The van der Waals surface area contributed by atoms with Crippen LogP contribution in [0.5, 0.6) is 17.2 Å². The molecule has 1 fully saturated rings. The molecule has 0 bridgehead atoms. The Morgan fingerprint density at radius 2 is 1.78 bits per heavy atom. The first-order chi connectivity index (χ1) is 13.1. The normalized spacial score (nSPS) is 22.3. The van der Waals surface area contributed by atoms with Gasteiger partial charge in [-0.2, -0.15) is 0 Å². The molecule has 0 unspecified atom stereocenters. The van der Waals surface area contributed by atoms with Crippen LogP contribution < -0.4 is 19.5 Å². The van der Waals surface area contributed by atoms with E-state index in [1.807, 2.05) is 30.3 Å². The smallest absolute Gasteiger partial charge is 0.126 e. The molecule has 1 saturated carbocycles. The summed E-state index contributed by atoms with van der Waals surface area (Å²) >= 11 is 6.02. The summed E-state index contributed by atoms with van der Waals surface area (Å²) in [5, 5.41) is 14.8. The molecule has 3 atom stereocenters. The second-order valence-corrected chi connectivity index (χ2v) is 7.18. The van der Waals surface area contributed by atoms with Gasteiger partial charge in [0.25, 0.3) is 0 Å². The van der Waals surface area contributed by atoms with E-state index in [9.17, 15) is 5.11 Å². The van der Waals surface area contributed by atoms with E-state index in [-0.39, 0.29) is 12.1 Å². The molecule has 27 heavy (non-hydrogen) atoms. The molecule has 6 heteroatoms. The van der Waals surface area contributed by atoms with Crippen LogP contribution in [0.1, 0.15) is 24.8 Å². The van der Waals surface area contributed by atoms with Gasteiger partial charge in [0.05, 0.1) is 14.2 Å². The molecule has 0 spiro atoms. The Hall–Kier alpha value is -1.95. The molecule has 146 valence electrons. The number of rotatable bonds is 7. The lowest BCUT2D eigenvalue weighted by Gasteiger charge is -2.35. The van der Waals surface area contributed by atoms with Gasteiger partial charge in [-0.25, -0.2) is 0 Å². The number of aliphatic hydroxyl groups is 1. The molecule has 0 aromatic heterocycles. The van der Waals surface area contributed by atoms with E-state index in [2.05, 4.69) is 5.32 Å². The van der Waals surface area contributed by atoms with Gasteiger partial charge in [0, 0.05) is 23.7 Å². The van der Waals surface area contributed by atoms with Crippen LogP contribution in [-0.2, 0) is 6.54 Å². The lowest BCUT2D eigenvalue weighted by atomic mass is 9.89. The minimum Gasteiger partial charge on any atom is -0.497 e. The lowest BCUT2D eigenvalue weighted by Crippen LogP contribution is -2.50. The zero-order valence-electron chi connectivity index (χ0n) is 15.7. The monoisotopic (exact) mass is 391 g/mol. The van der Waals surface area contributed by atoms with Crippen molar-refractivity contribution in [2.75, 3.05) is 14.2 Å². The third kappa shape index (κ3) is 5.28.